The first-order valence-corrected chi connectivity index (χ1v) is 15.1. The Morgan fingerprint density at radius 2 is 1.45 bits per heavy atom. The normalized spacial score (nSPS) is 13.1. The van der Waals surface area contributed by atoms with Gasteiger partial charge in [0.2, 0.25) is 17.7 Å². The minimum atomic E-state index is -1.01. The Kier molecular flexibility index (Phi) is 12.5. The Morgan fingerprint density at radius 1 is 0.841 bits per heavy atom. The Morgan fingerprint density at radius 3 is 2.05 bits per heavy atom. The Labute approximate surface area is 257 Å². The van der Waals surface area contributed by atoms with Gasteiger partial charge in [-0.3, -0.25) is 19.4 Å². The number of esters is 1. The molecule has 0 radical (unpaired) electrons. The predicted molar refractivity (Wildman–Crippen MR) is 172 cm³/mol. The topological polar surface area (TPSA) is 194 Å². The first-order valence-electron chi connectivity index (χ1n) is 15.1. The molecule has 0 bridgehead atoms. The number of methoxy groups -OCH3 is 1. The van der Waals surface area contributed by atoms with Gasteiger partial charge in [-0.15, -0.1) is 0 Å². The standard InChI is InChI=1S/C32H45N7O5/c1-5-8-20-11-13-24-22(16-20)23-17-21(12-14-25(23)37-24)18-28(36-19(3)40)30(42)38-26(10-7-15-35-32(33)34)29(41)39-27(9-6-2)31(43)44-4/h11-14,16-17,26-28,37H,5-10,15,18H2,1-4H3,(H,36,40)(H,38,42)(H,39,41)(H4,33,34,35)/t26-,27+,28?/m1/s1. The smallest absolute Gasteiger partial charge is 0.328 e. The number of carbonyl (C=O) groups is 4. The van der Waals surface area contributed by atoms with Crippen molar-refractivity contribution in [2.75, 3.05) is 13.7 Å². The average Bonchev–Trinajstić information content (AvgIpc) is 3.34. The van der Waals surface area contributed by atoms with E-state index in [0.717, 1.165) is 40.2 Å². The molecule has 12 heteroatoms. The van der Waals surface area contributed by atoms with E-state index in [-0.39, 0.29) is 31.3 Å². The molecule has 0 saturated carbocycles. The van der Waals surface area contributed by atoms with Crippen LogP contribution < -0.4 is 27.4 Å². The molecule has 0 aliphatic heterocycles. The van der Waals surface area contributed by atoms with Crippen LogP contribution in [0, 0.1) is 0 Å². The van der Waals surface area contributed by atoms with Crippen molar-refractivity contribution in [3.8, 4) is 0 Å². The van der Waals surface area contributed by atoms with E-state index in [0.29, 0.717) is 19.3 Å². The van der Waals surface area contributed by atoms with Crippen LogP contribution in [0.25, 0.3) is 21.8 Å². The third kappa shape index (κ3) is 9.45. The molecule has 1 aromatic heterocycles. The summed E-state index contributed by atoms with van der Waals surface area (Å²) in [6.45, 7) is 5.61. The SMILES string of the molecule is CCCc1ccc2[nH]c3ccc(CC(NC(C)=O)C(=O)N[C@H](CCCN=C(N)N)C(=O)N[C@@H](CCC)C(=O)OC)cc3c2c1. The van der Waals surface area contributed by atoms with E-state index in [2.05, 4.69) is 51.0 Å². The lowest BCUT2D eigenvalue weighted by Gasteiger charge is -2.24. The highest BCUT2D eigenvalue weighted by Gasteiger charge is 2.29. The van der Waals surface area contributed by atoms with Crippen LogP contribution >= 0.6 is 0 Å². The van der Waals surface area contributed by atoms with Crippen molar-refractivity contribution in [1.82, 2.24) is 20.9 Å². The molecule has 0 fully saturated rings. The molecule has 3 aromatic rings. The van der Waals surface area contributed by atoms with Crippen LogP contribution in [0.5, 0.6) is 0 Å². The minimum Gasteiger partial charge on any atom is -0.467 e. The fraction of sp³-hybridized carbons (Fsp3) is 0.469. The van der Waals surface area contributed by atoms with Gasteiger partial charge >= 0.3 is 5.97 Å². The second-order valence-corrected chi connectivity index (χ2v) is 11.0. The van der Waals surface area contributed by atoms with Crippen LogP contribution in [0.15, 0.2) is 41.4 Å². The number of ether oxygens (including phenoxy) is 1. The van der Waals surface area contributed by atoms with Crippen molar-refractivity contribution in [3.05, 3.63) is 47.5 Å². The van der Waals surface area contributed by atoms with Gasteiger partial charge in [-0.1, -0.05) is 38.8 Å². The van der Waals surface area contributed by atoms with Crippen LogP contribution in [-0.4, -0.2) is 66.4 Å². The molecule has 1 unspecified atom stereocenters. The molecule has 2 aromatic carbocycles. The number of hydrogen-bond acceptors (Lipinski definition) is 6. The fourth-order valence-electron chi connectivity index (χ4n) is 5.25. The second kappa shape index (κ2) is 16.3. The molecule has 12 nitrogen and oxygen atoms in total. The number of nitrogens with two attached hydrogens (primary N) is 2. The first-order chi connectivity index (χ1) is 21.1. The van der Waals surface area contributed by atoms with Gasteiger partial charge in [-0.2, -0.15) is 0 Å². The van der Waals surface area contributed by atoms with Crippen molar-refractivity contribution in [2.45, 2.75) is 83.8 Å². The van der Waals surface area contributed by atoms with E-state index in [1.165, 1.54) is 19.6 Å². The number of fused-ring (bicyclic) bond motifs is 3. The molecule has 3 atom stereocenters. The quantitative estimate of drug-likeness (QED) is 0.0622. The number of aromatic amines is 1. The molecule has 238 valence electrons. The highest BCUT2D eigenvalue weighted by molar-refractivity contribution is 6.07. The number of aliphatic imine (C=N–C) groups is 1. The Bertz CT molecular complexity index is 1490. The predicted octanol–water partition coefficient (Wildman–Crippen LogP) is 2.32. The number of hydrogen-bond donors (Lipinski definition) is 6. The van der Waals surface area contributed by atoms with Gasteiger partial charge in [-0.25, -0.2) is 4.79 Å². The average molecular weight is 608 g/mol. The molecule has 3 rings (SSSR count). The second-order valence-electron chi connectivity index (χ2n) is 11.0. The largest absolute Gasteiger partial charge is 0.467 e. The number of aryl methyl sites for hydroxylation is 1. The van der Waals surface area contributed by atoms with Crippen molar-refractivity contribution in [3.63, 3.8) is 0 Å². The summed E-state index contributed by atoms with van der Waals surface area (Å²) in [5, 5.41) is 10.3. The van der Waals surface area contributed by atoms with Crippen molar-refractivity contribution >= 4 is 51.5 Å². The van der Waals surface area contributed by atoms with Gasteiger partial charge in [0, 0.05) is 41.7 Å². The number of guanidine groups is 1. The van der Waals surface area contributed by atoms with Gasteiger partial charge in [0.1, 0.15) is 18.1 Å². The number of nitrogens with one attached hydrogen (secondary N) is 4. The summed E-state index contributed by atoms with van der Waals surface area (Å²) in [5.41, 5.74) is 14.9. The third-order valence-electron chi connectivity index (χ3n) is 7.36. The zero-order valence-electron chi connectivity index (χ0n) is 26.0. The van der Waals surface area contributed by atoms with Gasteiger partial charge in [0.15, 0.2) is 5.96 Å². The highest BCUT2D eigenvalue weighted by atomic mass is 16.5. The lowest BCUT2D eigenvalue weighted by molar-refractivity contribution is -0.145. The van der Waals surface area contributed by atoms with Gasteiger partial charge < -0.3 is 37.1 Å². The van der Waals surface area contributed by atoms with E-state index < -0.39 is 35.9 Å². The molecule has 0 saturated heterocycles. The maximum Gasteiger partial charge on any atom is 0.328 e. The zero-order chi connectivity index (χ0) is 32.2. The number of nitrogens with zero attached hydrogens (tertiary/aromatic N) is 1. The van der Waals surface area contributed by atoms with Crippen LogP contribution in [0.4, 0.5) is 0 Å². The van der Waals surface area contributed by atoms with Crippen LogP contribution in [0.1, 0.15) is 64.0 Å². The fourth-order valence-corrected chi connectivity index (χ4v) is 5.25. The summed E-state index contributed by atoms with van der Waals surface area (Å²) in [4.78, 5) is 58.7. The van der Waals surface area contributed by atoms with E-state index in [4.69, 9.17) is 16.2 Å². The Hall–Kier alpha value is -4.61. The number of amides is 3. The van der Waals surface area contributed by atoms with Gasteiger partial charge in [0.05, 0.1) is 7.11 Å². The summed E-state index contributed by atoms with van der Waals surface area (Å²) < 4.78 is 4.83. The van der Waals surface area contributed by atoms with Gasteiger partial charge in [-0.05, 0) is 61.1 Å². The number of rotatable bonds is 16. The highest BCUT2D eigenvalue weighted by Crippen LogP contribution is 2.28. The van der Waals surface area contributed by atoms with Crippen LogP contribution in [0.3, 0.4) is 0 Å². The Balaban J connectivity index is 1.85. The number of aromatic nitrogens is 1. The molecule has 0 spiro atoms. The summed E-state index contributed by atoms with van der Waals surface area (Å²) >= 11 is 0. The maximum absolute atomic E-state index is 13.6. The van der Waals surface area contributed by atoms with E-state index in [1.54, 1.807) is 0 Å². The summed E-state index contributed by atoms with van der Waals surface area (Å²) in [5.74, 6) is -2.11. The number of carbonyl (C=O) groups excluding carboxylic acids is 4. The first kappa shape index (κ1) is 33.9. The summed E-state index contributed by atoms with van der Waals surface area (Å²) in [7, 11) is 1.25. The van der Waals surface area contributed by atoms with Crippen LogP contribution in [0.2, 0.25) is 0 Å². The molecule has 0 aliphatic carbocycles. The zero-order valence-corrected chi connectivity index (χ0v) is 26.0. The molecule has 44 heavy (non-hydrogen) atoms. The molecular formula is C32H45N7O5. The molecule has 3 amide bonds. The van der Waals surface area contributed by atoms with E-state index in [1.807, 2.05) is 25.1 Å². The van der Waals surface area contributed by atoms with Crippen molar-refractivity contribution in [1.29, 1.82) is 0 Å². The van der Waals surface area contributed by atoms with Gasteiger partial charge in [0.25, 0.3) is 0 Å². The molecule has 1 heterocycles. The minimum absolute atomic E-state index is 0.0804. The van der Waals surface area contributed by atoms with E-state index >= 15 is 0 Å². The van der Waals surface area contributed by atoms with Crippen molar-refractivity contribution in [2.24, 2.45) is 16.5 Å². The van der Waals surface area contributed by atoms with Crippen molar-refractivity contribution < 1.29 is 23.9 Å². The molecule has 8 N–H and O–H groups in total. The van der Waals surface area contributed by atoms with Crippen LogP contribution in [-0.2, 0) is 36.8 Å². The van der Waals surface area contributed by atoms with E-state index in [9.17, 15) is 19.2 Å². The lowest BCUT2D eigenvalue weighted by Crippen LogP contribution is -2.56. The number of benzene rings is 2. The number of H-pyrrole nitrogens is 1. The third-order valence-corrected chi connectivity index (χ3v) is 7.36. The molecule has 0 aliphatic rings. The maximum atomic E-state index is 13.6. The monoisotopic (exact) mass is 607 g/mol. The summed E-state index contributed by atoms with van der Waals surface area (Å²) in [6, 6.07) is 9.47. The summed E-state index contributed by atoms with van der Waals surface area (Å²) in [6.07, 6.45) is 3.81. The lowest BCUT2D eigenvalue weighted by atomic mass is 10.0. The molecular weight excluding hydrogens is 562 g/mol.